The van der Waals surface area contributed by atoms with Crippen molar-refractivity contribution in [1.29, 1.82) is 0 Å². The number of hydrogen-bond acceptors (Lipinski definition) is 3. The highest BCUT2D eigenvalue weighted by atomic mass is 16.5. The number of hydrogen-bond donors (Lipinski definition) is 1. The maximum absolute atomic E-state index is 5.46. The van der Waals surface area contributed by atoms with Crippen molar-refractivity contribution in [2.45, 2.75) is 25.9 Å². The van der Waals surface area contributed by atoms with Gasteiger partial charge in [0.05, 0.1) is 13.7 Å². The Bertz CT molecular complexity index is 373. The third kappa shape index (κ3) is 3.47. The summed E-state index contributed by atoms with van der Waals surface area (Å²) in [6, 6.07) is 6.36. The predicted octanol–water partition coefficient (Wildman–Crippen LogP) is 2.38. The lowest BCUT2D eigenvalue weighted by Crippen LogP contribution is -2.28. The first-order valence-electron chi connectivity index (χ1n) is 6.69. The zero-order valence-corrected chi connectivity index (χ0v) is 11.4. The fourth-order valence-electron chi connectivity index (χ4n) is 2.64. The molecule has 0 amide bonds. The van der Waals surface area contributed by atoms with Crippen LogP contribution < -0.4 is 10.1 Å². The van der Waals surface area contributed by atoms with Crippen LogP contribution in [0.15, 0.2) is 18.2 Å². The van der Waals surface area contributed by atoms with Crippen LogP contribution in [0.4, 0.5) is 0 Å². The topological polar surface area (TPSA) is 30.5 Å². The lowest BCUT2D eigenvalue weighted by Gasteiger charge is -2.23. The largest absolute Gasteiger partial charge is 0.496 e. The first kappa shape index (κ1) is 13.4. The number of piperidine rings is 1. The van der Waals surface area contributed by atoms with Crippen LogP contribution in [0.2, 0.25) is 0 Å². The Morgan fingerprint density at radius 3 is 2.67 bits per heavy atom. The summed E-state index contributed by atoms with van der Waals surface area (Å²) in [6.07, 6.45) is 3.64. The van der Waals surface area contributed by atoms with E-state index in [1.54, 1.807) is 14.2 Å². The van der Waals surface area contributed by atoms with Gasteiger partial charge in [-0.05, 0) is 61.5 Å². The standard InChI is InChI=1S/C15H23NO2/c1-17-11-13-3-4-15(18-2)14(10-13)9-12-5-7-16-8-6-12/h3-4,10,12,16H,5-9,11H2,1-2H3. The molecule has 0 aliphatic carbocycles. The molecule has 1 aromatic carbocycles. The molecule has 0 bridgehead atoms. The number of ether oxygens (including phenoxy) is 2. The van der Waals surface area contributed by atoms with Gasteiger partial charge in [0, 0.05) is 7.11 Å². The minimum Gasteiger partial charge on any atom is -0.496 e. The van der Waals surface area contributed by atoms with Gasteiger partial charge < -0.3 is 14.8 Å². The van der Waals surface area contributed by atoms with Gasteiger partial charge in [-0.3, -0.25) is 0 Å². The Morgan fingerprint density at radius 1 is 1.22 bits per heavy atom. The van der Waals surface area contributed by atoms with E-state index in [0.717, 1.165) is 31.2 Å². The lowest BCUT2D eigenvalue weighted by molar-refractivity contribution is 0.184. The third-order valence-corrected chi connectivity index (χ3v) is 3.62. The number of nitrogens with one attached hydrogen (secondary N) is 1. The van der Waals surface area contributed by atoms with Crippen LogP contribution >= 0.6 is 0 Å². The van der Waals surface area contributed by atoms with Gasteiger partial charge in [0.25, 0.3) is 0 Å². The van der Waals surface area contributed by atoms with Crippen molar-refractivity contribution in [1.82, 2.24) is 5.32 Å². The Labute approximate surface area is 109 Å². The molecule has 1 aliphatic heterocycles. The maximum Gasteiger partial charge on any atom is 0.122 e. The molecule has 1 saturated heterocycles. The molecule has 1 heterocycles. The molecule has 0 aromatic heterocycles. The Balaban J connectivity index is 2.09. The van der Waals surface area contributed by atoms with E-state index < -0.39 is 0 Å². The molecule has 100 valence electrons. The van der Waals surface area contributed by atoms with Crippen molar-refractivity contribution < 1.29 is 9.47 Å². The summed E-state index contributed by atoms with van der Waals surface area (Å²) in [4.78, 5) is 0. The van der Waals surface area contributed by atoms with Crippen LogP contribution in [-0.2, 0) is 17.8 Å². The molecule has 1 N–H and O–H groups in total. The molecule has 3 nitrogen and oxygen atoms in total. The van der Waals surface area contributed by atoms with E-state index in [2.05, 4.69) is 23.5 Å². The first-order valence-corrected chi connectivity index (χ1v) is 6.69. The van der Waals surface area contributed by atoms with E-state index in [1.165, 1.54) is 24.0 Å². The molecule has 1 aliphatic rings. The molecule has 18 heavy (non-hydrogen) atoms. The first-order chi connectivity index (χ1) is 8.83. The molecule has 0 spiro atoms. The minimum atomic E-state index is 0.670. The Hall–Kier alpha value is -1.06. The van der Waals surface area contributed by atoms with E-state index in [0.29, 0.717) is 6.61 Å². The fourth-order valence-corrected chi connectivity index (χ4v) is 2.64. The van der Waals surface area contributed by atoms with Crippen molar-refractivity contribution in [3.63, 3.8) is 0 Å². The van der Waals surface area contributed by atoms with Gasteiger partial charge in [0.1, 0.15) is 5.75 Å². The Morgan fingerprint density at radius 2 is 2.00 bits per heavy atom. The second-order valence-electron chi connectivity index (χ2n) is 4.98. The van der Waals surface area contributed by atoms with E-state index in [1.807, 2.05) is 0 Å². The van der Waals surface area contributed by atoms with Crippen LogP contribution in [-0.4, -0.2) is 27.3 Å². The minimum absolute atomic E-state index is 0.670. The van der Waals surface area contributed by atoms with Crippen LogP contribution in [0.25, 0.3) is 0 Å². The molecule has 1 fully saturated rings. The highest BCUT2D eigenvalue weighted by Crippen LogP contribution is 2.26. The summed E-state index contributed by atoms with van der Waals surface area (Å²) in [7, 11) is 3.48. The fraction of sp³-hybridized carbons (Fsp3) is 0.600. The van der Waals surface area contributed by atoms with Crippen LogP contribution in [0.5, 0.6) is 5.75 Å². The summed E-state index contributed by atoms with van der Waals surface area (Å²) in [5.41, 5.74) is 2.54. The summed E-state index contributed by atoms with van der Waals surface area (Å²) in [5, 5.41) is 3.41. The summed E-state index contributed by atoms with van der Waals surface area (Å²) >= 11 is 0. The molecule has 1 aromatic rings. The quantitative estimate of drug-likeness (QED) is 0.869. The van der Waals surface area contributed by atoms with Crippen LogP contribution in [0.3, 0.4) is 0 Å². The highest BCUT2D eigenvalue weighted by Gasteiger charge is 2.16. The Kier molecular flexibility index (Phi) is 5.02. The summed E-state index contributed by atoms with van der Waals surface area (Å²) in [5.74, 6) is 1.78. The van der Waals surface area contributed by atoms with E-state index in [4.69, 9.17) is 9.47 Å². The van der Waals surface area contributed by atoms with Gasteiger partial charge >= 0.3 is 0 Å². The lowest BCUT2D eigenvalue weighted by atomic mass is 9.90. The van der Waals surface area contributed by atoms with Gasteiger partial charge in [-0.25, -0.2) is 0 Å². The summed E-state index contributed by atoms with van der Waals surface area (Å²) in [6.45, 7) is 2.96. The molecule has 2 rings (SSSR count). The molecular weight excluding hydrogens is 226 g/mol. The van der Waals surface area contributed by atoms with Gasteiger partial charge in [-0.15, -0.1) is 0 Å². The molecule has 0 unspecified atom stereocenters. The molecule has 0 radical (unpaired) electrons. The van der Waals surface area contributed by atoms with Crippen molar-refractivity contribution in [2.75, 3.05) is 27.3 Å². The van der Waals surface area contributed by atoms with Crippen molar-refractivity contribution in [3.05, 3.63) is 29.3 Å². The van der Waals surface area contributed by atoms with Crippen molar-refractivity contribution in [3.8, 4) is 5.75 Å². The van der Waals surface area contributed by atoms with E-state index >= 15 is 0 Å². The molecular formula is C15H23NO2. The highest BCUT2D eigenvalue weighted by molar-refractivity contribution is 5.37. The average Bonchev–Trinajstić information content (AvgIpc) is 2.41. The number of rotatable bonds is 5. The van der Waals surface area contributed by atoms with Gasteiger partial charge in [0.15, 0.2) is 0 Å². The zero-order chi connectivity index (χ0) is 12.8. The second kappa shape index (κ2) is 6.76. The summed E-state index contributed by atoms with van der Waals surface area (Å²) < 4.78 is 10.7. The van der Waals surface area contributed by atoms with Gasteiger partial charge in [-0.1, -0.05) is 6.07 Å². The predicted molar refractivity (Wildman–Crippen MR) is 73.0 cm³/mol. The average molecular weight is 249 g/mol. The SMILES string of the molecule is COCc1ccc(OC)c(CC2CCNCC2)c1. The molecule has 3 heteroatoms. The second-order valence-corrected chi connectivity index (χ2v) is 4.98. The zero-order valence-electron chi connectivity index (χ0n) is 11.4. The van der Waals surface area contributed by atoms with Crippen LogP contribution in [0, 0.1) is 5.92 Å². The van der Waals surface area contributed by atoms with Crippen molar-refractivity contribution in [2.24, 2.45) is 5.92 Å². The normalized spacial score (nSPS) is 16.8. The van der Waals surface area contributed by atoms with Crippen LogP contribution in [0.1, 0.15) is 24.0 Å². The smallest absolute Gasteiger partial charge is 0.122 e. The monoisotopic (exact) mass is 249 g/mol. The molecule has 0 saturated carbocycles. The van der Waals surface area contributed by atoms with Gasteiger partial charge in [-0.2, -0.15) is 0 Å². The van der Waals surface area contributed by atoms with Crippen molar-refractivity contribution >= 4 is 0 Å². The number of benzene rings is 1. The van der Waals surface area contributed by atoms with E-state index in [9.17, 15) is 0 Å². The van der Waals surface area contributed by atoms with Gasteiger partial charge in [0.2, 0.25) is 0 Å². The third-order valence-electron chi connectivity index (χ3n) is 3.62. The molecule has 0 atom stereocenters. The maximum atomic E-state index is 5.46. The van der Waals surface area contributed by atoms with E-state index in [-0.39, 0.29) is 0 Å². The number of methoxy groups -OCH3 is 2.